The number of hydrogen-bond donors (Lipinski definition) is 3. The molecule has 178 valence electrons. The van der Waals surface area contributed by atoms with E-state index in [1.165, 1.54) is 25.0 Å². The molecule has 32 heavy (non-hydrogen) atoms. The van der Waals surface area contributed by atoms with Crippen LogP contribution in [0.4, 0.5) is 4.39 Å². The highest BCUT2D eigenvalue weighted by Gasteiger charge is 2.32. The summed E-state index contributed by atoms with van der Waals surface area (Å²) in [6.07, 6.45) is 5.45. The van der Waals surface area contributed by atoms with Crippen LogP contribution in [0.25, 0.3) is 0 Å². The van der Waals surface area contributed by atoms with Gasteiger partial charge in [-0.2, -0.15) is 0 Å². The van der Waals surface area contributed by atoms with Gasteiger partial charge in [0.05, 0.1) is 13.0 Å². The monoisotopic (exact) mass is 559 g/mol. The topological polar surface area (TPSA) is 85.8 Å². The molecule has 3 N–H and O–H groups in total. The maximum absolute atomic E-state index is 13.2. The Kier molecular flexibility index (Phi) is 11.2. The Hall–Kier alpha value is -1.91. The lowest BCUT2D eigenvalue weighted by Gasteiger charge is -2.21. The highest BCUT2D eigenvalue weighted by molar-refractivity contribution is 14.0. The lowest BCUT2D eigenvalue weighted by atomic mass is 10.1. The number of likely N-dealkylation sites (tertiary alicyclic amines) is 1. The molecule has 0 spiro atoms. The lowest BCUT2D eigenvalue weighted by molar-refractivity contribution is -0.134. The molecule has 2 aliphatic rings. The molecule has 1 aromatic carbocycles. The SMILES string of the molecule is CCNC(=NCCNC(=O)Cc1cccc(F)c1)NC1CCN(C(=O)C2CCCC2)C1.I. The number of carbonyl (C=O) groups is 2. The van der Waals surface area contributed by atoms with Gasteiger partial charge >= 0.3 is 0 Å². The Balaban J connectivity index is 0.00000363. The smallest absolute Gasteiger partial charge is 0.225 e. The average Bonchev–Trinajstić information content (AvgIpc) is 3.43. The van der Waals surface area contributed by atoms with E-state index in [0.717, 1.165) is 32.4 Å². The predicted octanol–water partition coefficient (Wildman–Crippen LogP) is 2.45. The lowest BCUT2D eigenvalue weighted by Crippen LogP contribution is -2.45. The Morgan fingerprint density at radius 2 is 1.97 bits per heavy atom. The molecule has 1 saturated carbocycles. The first-order chi connectivity index (χ1) is 15.0. The van der Waals surface area contributed by atoms with E-state index in [2.05, 4.69) is 20.9 Å². The Morgan fingerprint density at radius 3 is 2.69 bits per heavy atom. The van der Waals surface area contributed by atoms with Gasteiger partial charge in [0.2, 0.25) is 11.8 Å². The van der Waals surface area contributed by atoms with Crippen molar-refractivity contribution in [3.63, 3.8) is 0 Å². The molecule has 2 fully saturated rings. The highest BCUT2D eigenvalue weighted by atomic mass is 127. The van der Waals surface area contributed by atoms with Crippen LogP contribution in [-0.4, -0.2) is 61.4 Å². The van der Waals surface area contributed by atoms with Crippen molar-refractivity contribution in [3.05, 3.63) is 35.6 Å². The number of nitrogens with one attached hydrogen (secondary N) is 3. The van der Waals surface area contributed by atoms with Gasteiger partial charge < -0.3 is 20.9 Å². The molecule has 0 aromatic heterocycles. The standard InChI is InChI=1S/C23H34FN5O2.HI/c1-2-25-23(27-12-11-26-21(30)15-17-6-5-9-19(24)14-17)28-20-10-13-29(16-20)22(31)18-7-3-4-8-18;/h5-6,9,14,18,20H,2-4,7-8,10-13,15-16H2,1H3,(H,26,30)(H2,25,27,28);1H. The summed E-state index contributed by atoms with van der Waals surface area (Å²) in [5.74, 6) is 0.728. The van der Waals surface area contributed by atoms with Gasteiger partial charge in [-0.15, -0.1) is 24.0 Å². The van der Waals surface area contributed by atoms with E-state index in [4.69, 9.17) is 0 Å². The number of guanidine groups is 1. The van der Waals surface area contributed by atoms with E-state index in [0.29, 0.717) is 37.1 Å². The van der Waals surface area contributed by atoms with E-state index in [1.54, 1.807) is 12.1 Å². The van der Waals surface area contributed by atoms with Crippen molar-refractivity contribution >= 4 is 41.8 Å². The molecule has 7 nitrogen and oxygen atoms in total. The van der Waals surface area contributed by atoms with Crippen molar-refractivity contribution in [2.75, 3.05) is 32.7 Å². The molecular weight excluding hydrogens is 524 g/mol. The van der Waals surface area contributed by atoms with Crippen LogP contribution in [0, 0.1) is 11.7 Å². The van der Waals surface area contributed by atoms with Crippen molar-refractivity contribution in [2.45, 2.75) is 51.5 Å². The Morgan fingerprint density at radius 1 is 1.19 bits per heavy atom. The fraction of sp³-hybridized carbons (Fsp3) is 0.609. The first-order valence-electron chi connectivity index (χ1n) is 11.4. The minimum absolute atomic E-state index is 0. The number of hydrogen-bond acceptors (Lipinski definition) is 3. The fourth-order valence-electron chi connectivity index (χ4n) is 4.28. The van der Waals surface area contributed by atoms with Gasteiger partial charge in [-0.05, 0) is 43.9 Å². The van der Waals surface area contributed by atoms with Crippen molar-refractivity contribution in [3.8, 4) is 0 Å². The second-order valence-corrected chi connectivity index (χ2v) is 8.31. The Bertz CT molecular complexity index is 785. The number of aliphatic imine (C=N–C) groups is 1. The summed E-state index contributed by atoms with van der Waals surface area (Å²) < 4.78 is 13.2. The van der Waals surface area contributed by atoms with Gasteiger partial charge in [0, 0.05) is 38.1 Å². The second-order valence-electron chi connectivity index (χ2n) is 8.31. The second kappa shape index (κ2) is 13.6. The number of rotatable bonds is 8. The van der Waals surface area contributed by atoms with Crippen LogP contribution in [0.3, 0.4) is 0 Å². The summed E-state index contributed by atoms with van der Waals surface area (Å²) in [4.78, 5) is 31.2. The third-order valence-corrected chi connectivity index (χ3v) is 5.85. The summed E-state index contributed by atoms with van der Waals surface area (Å²) in [6.45, 7) is 5.08. The van der Waals surface area contributed by atoms with Gasteiger partial charge in [-0.25, -0.2) is 4.39 Å². The first-order valence-corrected chi connectivity index (χ1v) is 11.4. The summed E-state index contributed by atoms with van der Waals surface area (Å²) >= 11 is 0. The average molecular weight is 559 g/mol. The molecule has 1 heterocycles. The maximum Gasteiger partial charge on any atom is 0.225 e. The molecule has 0 radical (unpaired) electrons. The third-order valence-electron chi connectivity index (χ3n) is 5.85. The van der Waals surface area contributed by atoms with Crippen LogP contribution < -0.4 is 16.0 Å². The van der Waals surface area contributed by atoms with E-state index in [9.17, 15) is 14.0 Å². The summed E-state index contributed by atoms with van der Waals surface area (Å²) in [6, 6.07) is 6.25. The molecule has 1 atom stereocenters. The van der Waals surface area contributed by atoms with Crippen LogP contribution in [0.15, 0.2) is 29.3 Å². The van der Waals surface area contributed by atoms with Gasteiger partial charge in [-0.3, -0.25) is 14.6 Å². The van der Waals surface area contributed by atoms with Gasteiger partial charge in [-0.1, -0.05) is 25.0 Å². The zero-order chi connectivity index (χ0) is 22.1. The molecule has 1 aliphatic heterocycles. The molecule has 1 aliphatic carbocycles. The molecule has 2 amide bonds. The number of nitrogens with zero attached hydrogens (tertiary/aromatic N) is 2. The first kappa shape index (κ1) is 26.3. The third kappa shape index (κ3) is 8.22. The normalized spacial score (nSPS) is 18.9. The van der Waals surface area contributed by atoms with Crippen molar-refractivity contribution in [2.24, 2.45) is 10.9 Å². The quantitative estimate of drug-likeness (QED) is 0.198. The number of carbonyl (C=O) groups excluding carboxylic acids is 2. The number of amides is 2. The predicted molar refractivity (Wildman–Crippen MR) is 135 cm³/mol. The molecule has 9 heteroatoms. The zero-order valence-electron chi connectivity index (χ0n) is 18.7. The minimum Gasteiger partial charge on any atom is -0.357 e. The molecule has 1 saturated heterocycles. The molecule has 1 unspecified atom stereocenters. The number of benzene rings is 1. The van der Waals surface area contributed by atoms with Crippen LogP contribution >= 0.6 is 24.0 Å². The van der Waals surface area contributed by atoms with E-state index in [1.807, 2.05) is 11.8 Å². The van der Waals surface area contributed by atoms with Gasteiger partial charge in [0.1, 0.15) is 5.82 Å². The minimum atomic E-state index is -0.341. The molecule has 0 bridgehead atoms. The van der Waals surface area contributed by atoms with Crippen molar-refractivity contribution in [1.29, 1.82) is 0 Å². The fourth-order valence-corrected chi connectivity index (χ4v) is 4.28. The highest BCUT2D eigenvalue weighted by Crippen LogP contribution is 2.27. The summed E-state index contributed by atoms with van der Waals surface area (Å²) in [7, 11) is 0. The number of halogens is 2. The summed E-state index contributed by atoms with van der Waals surface area (Å²) in [5.41, 5.74) is 0.647. The van der Waals surface area contributed by atoms with Crippen molar-refractivity contribution in [1.82, 2.24) is 20.9 Å². The summed E-state index contributed by atoms with van der Waals surface area (Å²) in [5, 5.41) is 9.46. The molecule has 1 aromatic rings. The Labute approximate surface area is 207 Å². The van der Waals surface area contributed by atoms with Crippen LogP contribution in [0.2, 0.25) is 0 Å². The van der Waals surface area contributed by atoms with E-state index < -0.39 is 0 Å². The van der Waals surface area contributed by atoms with E-state index in [-0.39, 0.29) is 54.1 Å². The maximum atomic E-state index is 13.2. The largest absolute Gasteiger partial charge is 0.357 e. The van der Waals surface area contributed by atoms with Crippen LogP contribution in [-0.2, 0) is 16.0 Å². The van der Waals surface area contributed by atoms with Crippen LogP contribution in [0.1, 0.15) is 44.6 Å². The van der Waals surface area contributed by atoms with Crippen LogP contribution in [0.5, 0.6) is 0 Å². The molecular formula is C23H35FIN5O2. The van der Waals surface area contributed by atoms with Gasteiger partial charge in [0.15, 0.2) is 5.96 Å². The molecule has 3 rings (SSSR count). The van der Waals surface area contributed by atoms with Gasteiger partial charge in [0.25, 0.3) is 0 Å². The zero-order valence-corrected chi connectivity index (χ0v) is 21.1. The van der Waals surface area contributed by atoms with Crippen molar-refractivity contribution < 1.29 is 14.0 Å². The van der Waals surface area contributed by atoms with E-state index >= 15 is 0 Å².